The summed E-state index contributed by atoms with van der Waals surface area (Å²) in [4.78, 5) is 11.7. The van der Waals surface area contributed by atoms with Crippen LogP contribution in [0.15, 0.2) is 34.7 Å². The number of nitrogens with zero attached hydrogens (tertiary/aromatic N) is 2. The monoisotopic (exact) mass is 322 g/mol. The van der Waals surface area contributed by atoms with Gasteiger partial charge in [-0.05, 0) is 18.9 Å². The van der Waals surface area contributed by atoms with Crippen molar-refractivity contribution in [1.82, 2.24) is 10.2 Å². The van der Waals surface area contributed by atoms with E-state index in [1.54, 1.807) is 11.8 Å². The molecule has 0 saturated heterocycles. The van der Waals surface area contributed by atoms with Crippen LogP contribution in [0, 0.1) is 0 Å². The van der Waals surface area contributed by atoms with Gasteiger partial charge >= 0.3 is 0 Å². The Morgan fingerprint density at radius 3 is 2.86 bits per heavy atom. The van der Waals surface area contributed by atoms with Crippen molar-refractivity contribution in [2.75, 3.05) is 5.32 Å². The van der Waals surface area contributed by atoms with Crippen LogP contribution in [0.3, 0.4) is 0 Å². The summed E-state index contributed by atoms with van der Waals surface area (Å²) in [7, 11) is 0. The van der Waals surface area contributed by atoms with Gasteiger partial charge in [0.05, 0.1) is 0 Å². The number of thioether (sulfide) groups is 1. The van der Waals surface area contributed by atoms with Crippen LogP contribution in [0.1, 0.15) is 25.3 Å². The Balaban J connectivity index is 1.80. The van der Waals surface area contributed by atoms with Gasteiger partial charge in [0.1, 0.15) is 0 Å². The normalized spacial score (nSPS) is 12.1. The molecule has 1 heterocycles. The van der Waals surface area contributed by atoms with E-state index in [4.69, 9.17) is 5.73 Å². The van der Waals surface area contributed by atoms with Gasteiger partial charge in [0.2, 0.25) is 11.0 Å². The summed E-state index contributed by atoms with van der Waals surface area (Å²) in [5.41, 5.74) is 6.86. The van der Waals surface area contributed by atoms with Crippen molar-refractivity contribution in [2.24, 2.45) is 5.73 Å². The van der Waals surface area contributed by atoms with Gasteiger partial charge in [0.15, 0.2) is 4.34 Å². The molecule has 0 radical (unpaired) electrons. The molecule has 1 unspecified atom stereocenters. The van der Waals surface area contributed by atoms with Gasteiger partial charge in [-0.3, -0.25) is 4.79 Å². The molecule has 5 nitrogen and oxygen atoms in total. The summed E-state index contributed by atoms with van der Waals surface area (Å²) >= 11 is 3.01. The van der Waals surface area contributed by atoms with Gasteiger partial charge in [-0.15, -0.1) is 10.2 Å². The number of amides is 1. The molecule has 0 aliphatic heterocycles. The topological polar surface area (TPSA) is 80.9 Å². The average molecular weight is 322 g/mol. The fraction of sp³-hybridized carbons (Fsp3) is 0.357. The zero-order chi connectivity index (χ0) is 15.1. The number of carbonyl (C=O) groups is 1. The van der Waals surface area contributed by atoms with Gasteiger partial charge in [-0.25, -0.2) is 0 Å². The maximum absolute atomic E-state index is 11.7. The Morgan fingerprint density at radius 1 is 1.38 bits per heavy atom. The van der Waals surface area contributed by atoms with E-state index in [9.17, 15) is 4.79 Å². The van der Waals surface area contributed by atoms with Crippen molar-refractivity contribution in [2.45, 2.75) is 35.9 Å². The molecule has 2 aromatic rings. The second-order valence-electron chi connectivity index (χ2n) is 4.71. The van der Waals surface area contributed by atoms with Crippen LogP contribution in [0.25, 0.3) is 0 Å². The van der Waals surface area contributed by atoms with E-state index in [1.165, 1.54) is 16.9 Å². The first-order chi connectivity index (χ1) is 10.1. The minimum Gasteiger partial charge on any atom is -0.328 e. The molecule has 3 N–H and O–H groups in total. The molecule has 0 fully saturated rings. The van der Waals surface area contributed by atoms with Crippen LogP contribution in [0.2, 0.25) is 0 Å². The Bertz CT molecular complexity index is 571. The summed E-state index contributed by atoms with van der Waals surface area (Å²) in [5, 5.41) is 11.3. The van der Waals surface area contributed by atoms with Crippen molar-refractivity contribution in [1.29, 1.82) is 0 Å². The Hall–Kier alpha value is -1.44. The molecular formula is C14H18N4OS2. The zero-order valence-corrected chi connectivity index (χ0v) is 13.4. The number of anilines is 1. The fourth-order valence-electron chi connectivity index (χ4n) is 1.58. The van der Waals surface area contributed by atoms with Gasteiger partial charge in [0, 0.05) is 18.2 Å². The lowest BCUT2D eigenvalue weighted by molar-refractivity contribution is -0.116. The zero-order valence-electron chi connectivity index (χ0n) is 11.8. The number of hydrogen-bond donors (Lipinski definition) is 2. The summed E-state index contributed by atoms with van der Waals surface area (Å²) < 4.78 is 0.848. The molecule has 2 rings (SSSR count). The molecule has 1 atom stereocenters. The minimum absolute atomic E-state index is 0.0298. The SMILES string of the molecule is CC(N)CCC(=O)Nc1nnc(SCc2ccccc2)s1. The third kappa shape index (κ3) is 5.82. The number of aromatic nitrogens is 2. The summed E-state index contributed by atoms with van der Waals surface area (Å²) in [6.07, 6.45) is 1.07. The molecule has 1 aromatic heterocycles. The van der Waals surface area contributed by atoms with Crippen LogP contribution >= 0.6 is 23.1 Å². The largest absolute Gasteiger partial charge is 0.328 e. The number of rotatable bonds is 7. The standard InChI is InChI=1S/C14H18N4OS2/c1-10(15)7-8-12(19)16-13-17-18-14(21-13)20-9-11-5-3-2-4-6-11/h2-6,10H,7-9,15H2,1H3,(H,16,17,19). The summed E-state index contributed by atoms with van der Waals surface area (Å²) in [6, 6.07) is 10.2. The third-order valence-corrected chi connectivity index (χ3v) is 4.73. The van der Waals surface area contributed by atoms with E-state index in [1.807, 2.05) is 25.1 Å². The maximum atomic E-state index is 11.7. The van der Waals surface area contributed by atoms with E-state index < -0.39 is 0 Å². The highest BCUT2D eigenvalue weighted by atomic mass is 32.2. The van der Waals surface area contributed by atoms with Crippen LogP contribution in [0.5, 0.6) is 0 Å². The predicted octanol–water partition coefficient (Wildman–Crippen LogP) is 2.90. The van der Waals surface area contributed by atoms with E-state index in [2.05, 4.69) is 27.6 Å². The smallest absolute Gasteiger partial charge is 0.226 e. The molecular weight excluding hydrogens is 304 g/mol. The molecule has 112 valence electrons. The van der Waals surface area contributed by atoms with Crippen LogP contribution in [-0.2, 0) is 10.5 Å². The van der Waals surface area contributed by atoms with Gasteiger partial charge in [-0.2, -0.15) is 0 Å². The summed E-state index contributed by atoms with van der Waals surface area (Å²) in [5.74, 6) is 0.775. The molecule has 0 aliphatic rings. The minimum atomic E-state index is -0.0666. The van der Waals surface area contributed by atoms with E-state index in [-0.39, 0.29) is 11.9 Å². The Morgan fingerprint density at radius 2 is 2.14 bits per heavy atom. The molecule has 0 aliphatic carbocycles. The fourth-order valence-corrected chi connectivity index (χ4v) is 3.30. The van der Waals surface area contributed by atoms with Crippen molar-refractivity contribution >= 4 is 34.1 Å². The molecule has 0 saturated carbocycles. The van der Waals surface area contributed by atoms with E-state index >= 15 is 0 Å². The molecule has 0 bridgehead atoms. The highest BCUT2D eigenvalue weighted by Crippen LogP contribution is 2.28. The van der Waals surface area contributed by atoms with Crippen LogP contribution in [0.4, 0.5) is 5.13 Å². The molecule has 1 aromatic carbocycles. The third-order valence-electron chi connectivity index (χ3n) is 2.68. The maximum Gasteiger partial charge on any atom is 0.226 e. The lowest BCUT2D eigenvalue weighted by Crippen LogP contribution is -2.19. The van der Waals surface area contributed by atoms with Crippen molar-refractivity contribution < 1.29 is 4.79 Å². The Kier molecular flexibility index (Phi) is 6.16. The number of hydrogen-bond acceptors (Lipinski definition) is 6. The Labute approximate surface area is 132 Å². The number of nitrogens with one attached hydrogen (secondary N) is 1. The van der Waals surface area contributed by atoms with Crippen molar-refractivity contribution in [3.63, 3.8) is 0 Å². The molecule has 0 spiro atoms. The number of nitrogens with two attached hydrogens (primary N) is 1. The first-order valence-corrected chi connectivity index (χ1v) is 8.49. The number of benzene rings is 1. The van der Waals surface area contributed by atoms with Gasteiger partial charge in [0.25, 0.3) is 0 Å². The van der Waals surface area contributed by atoms with E-state index in [0.717, 1.165) is 10.1 Å². The van der Waals surface area contributed by atoms with E-state index in [0.29, 0.717) is 18.0 Å². The predicted molar refractivity (Wildman–Crippen MR) is 87.4 cm³/mol. The first-order valence-electron chi connectivity index (χ1n) is 6.69. The first kappa shape index (κ1) is 15.9. The van der Waals surface area contributed by atoms with Crippen LogP contribution in [-0.4, -0.2) is 22.1 Å². The highest BCUT2D eigenvalue weighted by molar-refractivity contribution is 8.00. The van der Waals surface area contributed by atoms with Crippen molar-refractivity contribution in [3.05, 3.63) is 35.9 Å². The molecule has 21 heavy (non-hydrogen) atoms. The molecule has 7 heteroatoms. The highest BCUT2D eigenvalue weighted by Gasteiger charge is 2.09. The van der Waals surface area contributed by atoms with Crippen molar-refractivity contribution in [3.8, 4) is 0 Å². The lowest BCUT2D eigenvalue weighted by Gasteiger charge is -2.03. The van der Waals surface area contributed by atoms with Crippen LogP contribution < -0.4 is 11.1 Å². The number of carbonyl (C=O) groups excluding carboxylic acids is 1. The lowest BCUT2D eigenvalue weighted by atomic mass is 10.2. The quantitative estimate of drug-likeness (QED) is 0.605. The average Bonchev–Trinajstić information content (AvgIpc) is 2.91. The molecule has 1 amide bonds. The van der Waals surface area contributed by atoms with Gasteiger partial charge < -0.3 is 11.1 Å². The summed E-state index contributed by atoms with van der Waals surface area (Å²) in [6.45, 7) is 1.89. The van der Waals surface area contributed by atoms with Gasteiger partial charge in [-0.1, -0.05) is 53.4 Å². The second-order valence-corrected chi connectivity index (χ2v) is 6.91. The second kappa shape index (κ2) is 8.11.